The summed E-state index contributed by atoms with van der Waals surface area (Å²) in [6.45, 7) is 4.40. The van der Waals surface area contributed by atoms with Gasteiger partial charge in [-0.1, -0.05) is 6.07 Å². The van der Waals surface area contributed by atoms with E-state index in [1.54, 1.807) is 7.11 Å². The van der Waals surface area contributed by atoms with Crippen molar-refractivity contribution in [2.24, 2.45) is 0 Å². The molecule has 1 aromatic carbocycles. The van der Waals surface area contributed by atoms with Crippen LogP contribution in [0.3, 0.4) is 0 Å². The minimum absolute atomic E-state index is 0.0431. The van der Waals surface area contributed by atoms with E-state index in [4.69, 9.17) is 9.47 Å². The van der Waals surface area contributed by atoms with Gasteiger partial charge in [-0.05, 0) is 19.1 Å². The fraction of sp³-hybridized carbons (Fsp3) is 0.400. The Morgan fingerprint density at radius 1 is 1.35 bits per heavy atom. The molecule has 0 spiro atoms. The van der Waals surface area contributed by atoms with Crippen molar-refractivity contribution in [1.82, 2.24) is 9.88 Å². The molecule has 1 N–H and O–H groups in total. The molecule has 0 bridgehead atoms. The summed E-state index contributed by atoms with van der Waals surface area (Å²) in [5.41, 5.74) is 2.51. The van der Waals surface area contributed by atoms with Gasteiger partial charge in [0, 0.05) is 18.8 Å². The second-order valence-corrected chi connectivity index (χ2v) is 4.91. The van der Waals surface area contributed by atoms with Crippen molar-refractivity contribution >= 4 is 16.8 Å². The number of nitrogens with zero attached hydrogens (tertiary/aromatic N) is 1. The second-order valence-electron chi connectivity index (χ2n) is 4.91. The maximum atomic E-state index is 12.8. The molecule has 20 heavy (non-hydrogen) atoms. The van der Waals surface area contributed by atoms with Gasteiger partial charge < -0.3 is 19.4 Å². The third-order valence-corrected chi connectivity index (χ3v) is 3.71. The van der Waals surface area contributed by atoms with Crippen LogP contribution in [0.5, 0.6) is 5.75 Å². The Labute approximate surface area is 117 Å². The van der Waals surface area contributed by atoms with E-state index in [2.05, 4.69) is 4.98 Å². The Hall–Kier alpha value is -2.01. The number of morpholine rings is 1. The van der Waals surface area contributed by atoms with Crippen LogP contribution in [0.1, 0.15) is 16.1 Å². The number of fused-ring (bicyclic) bond motifs is 1. The van der Waals surface area contributed by atoms with Gasteiger partial charge in [-0.3, -0.25) is 4.79 Å². The van der Waals surface area contributed by atoms with Crippen molar-refractivity contribution in [1.29, 1.82) is 0 Å². The second kappa shape index (κ2) is 5.17. The van der Waals surface area contributed by atoms with Crippen LogP contribution in [0.2, 0.25) is 0 Å². The fourth-order valence-electron chi connectivity index (χ4n) is 2.71. The highest BCUT2D eigenvalue weighted by Gasteiger charge is 2.25. The minimum atomic E-state index is 0.0431. The van der Waals surface area contributed by atoms with Crippen LogP contribution in [-0.2, 0) is 4.74 Å². The van der Waals surface area contributed by atoms with Gasteiger partial charge in [-0.2, -0.15) is 0 Å². The average Bonchev–Trinajstić information content (AvgIpc) is 2.83. The summed E-state index contributed by atoms with van der Waals surface area (Å²) in [6, 6.07) is 5.76. The molecule has 1 aromatic heterocycles. The van der Waals surface area contributed by atoms with Gasteiger partial charge in [0.2, 0.25) is 0 Å². The number of hydrogen-bond donors (Lipinski definition) is 1. The molecule has 1 amide bonds. The first kappa shape index (κ1) is 13.0. The number of nitrogens with one attached hydrogen (secondary N) is 1. The molecular formula is C15H18N2O3. The maximum absolute atomic E-state index is 12.8. The number of benzene rings is 1. The molecule has 1 fully saturated rings. The zero-order valence-electron chi connectivity index (χ0n) is 11.7. The van der Waals surface area contributed by atoms with Crippen LogP contribution in [-0.4, -0.2) is 49.2 Å². The summed E-state index contributed by atoms with van der Waals surface area (Å²) >= 11 is 0. The number of methoxy groups -OCH3 is 1. The molecular weight excluding hydrogens is 256 g/mol. The van der Waals surface area contributed by atoms with E-state index in [1.807, 2.05) is 30.0 Å². The van der Waals surface area contributed by atoms with Crippen LogP contribution >= 0.6 is 0 Å². The van der Waals surface area contributed by atoms with Crippen molar-refractivity contribution in [2.45, 2.75) is 6.92 Å². The summed E-state index contributed by atoms with van der Waals surface area (Å²) in [5, 5.41) is 0.865. The van der Waals surface area contributed by atoms with E-state index in [9.17, 15) is 4.79 Å². The number of ether oxygens (including phenoxy) is 2. The number of rotatable bonds is 2. The normalized spacial score (nSPS) is 15.6. The third kappa shape index (κ3) is 2.04. The van der Waals surface area contributed by atoms with Crippen molar-refractivity contribution in [2.75, 3.05) is 33.4 Å². The summed E-state index contributed by atoms with van der Waals surface area (Å²) < 4.78 is 10.7. The summed E-state index contributed by atoms with van der Waals surface area (Å²) in [4.78, 5) is 17.9. The van der Waals surface area contributed by atoms with Gasteiger partial charge in [0.1, 0.15) is 5.75 Å². The lowest BCUT2D eigenvalue weighted by Crippen LogP contribution is -2.40. The molecule has 3 rings (SSSR count). The number of amides is 1. The van der Waals surface area contributed by atoms with E-state index in [-0.39, 0.29) is 5.91 Å². The number of aromatic amines is 1. The molecule has 0 unspecified atom stereocenters. The Morgan fingerprint density at radius 2 is 2.10 bits per heavy atom. The van der Waals surface area contributed by atoms with Gasteiger partial charge in [0.15, 0.2) is 0 Å². The van der Waals surface area contributed by atoms with E-state index in [1.165, 1.54) is 0 Å². The molecule has 1 aliphatic heterocycles. The minimum Gasteiger partial charge on any atom is -0.496 e. The van der Waals surface area contributed by atoms with Crippen LogP contribution in [0, 0.1) is 6.92 Å². The summed E-state index contributed by atoms with van der Waals surface area (Å²) in [7, 11) is 1.63. The predicted molar refractivity (Wildman–Crippen MR) is 76.3 cm³/mol. The summed E-state index contributed by atoms with van der Waals surface area (Å²) in [5.74, 6) is 0.769. The first-order valence-corrected chi connectivity index (χ1v) is 6.74. The summed E-state index contributed by atoms with van der Waals surface area (Å²) in [6.07, 6.45) is 0. The predicted octanol–water partition coefficient (Wildman–Crippen LogP) is 1.96. The largest absolute Gasteiger partial charge is 0.496 e. The van der Waals surface area contributed by atoms with Crippen LogP contribution in [0.15, 0.2) is 18.2 Å². The van der Waals surface area contributed by atoms with Crippen LogP contribution in [0.25, 0.3) is 10.9 Å². The molecule has 1 saturated heterocycles. The molecule has 2 aromatic rings. The molecule has 0 radical (unpaired) electrons. The lowest BCUT2D eigenvalue weighted by Gasteiger charge is -2.27. The van der Waals surface area contributed by atoms with E-state index in [0.29, 0.717) is 31.9 Å². The monoisotopic (exact) mass is 274 g/mol. The molecule has 0 aliphatic carbocycles. The molecule has 5 nitrogen and oxygen atoms in total. The standard InChI is InChI=1S/C15H18N2O3/c1-10-13(15(18)17-6-8-20-9-7-17)14-11(16-10)4-3-5-12(14)19-2/h3-5,16H,6-9H2,1-2H3. The Kier molecular flexibility index (Phi) is 3.36. The van der Waals surface area contributed by atoms with E-state index >= 15 is 0 Å². The molecule has 2 heterocycles. The number of H-pyrrole nitrogens is 1. The first-order chi connectivity index (χ1) is 9.72. The zero-order valence-corrected chi connectivity index (χ0v) is 11.7. The van der Waals surface area contributed by atoms with Gasteiger partial charge >= 0.3 is 0 Å². The highest BCUT2D eigenvalue weighted by molar-refractivity contribution is 6.10. The molecule has 1 aliphatic rings. The van der Waals surface area contributed by atoms with Crippen molar-refractivity contribution in [3.05, 3.63) is 29.5 Å². The van der Waals surface area contributed by atoms with Gasteiger partial charge in [-0.25, -0.2) is 0 Å². The molecule has 0 atom stereocenters. The van der Waals surface area contributed by atoms with Crippen LogP contribution in [0.4, 0.5) is 0 Å². The number of carbonyl (C=O) groups is 1. The molecule has 0 saturated carbocycles. The highest BCUT2D eigenvalue weighted by Crippen LogP contribution is 2.31. The van der Waals surface area contributed by atoms with Crippen molar-refractivity contribution in [3.63, 3.8) is 0 Å². The Bertz CT molecular complexity index is 642. The van der Waals surface area contributed by atoms with E-state index < -0.39 is 0 Å². The zero-order chi connectivity index (χ0) is 14.1. The number of aryl methyl sites for hydroxylation is 1. The van der Waals surface area contributed by atoms with Crippen LogP contribution < -0.4 is 4.74 Å². The van der Waals surface area contributed by atoms with Gasteiger partial charge in [0.05, 0.1) is 36.8 Å². The fourth-order valence-corrected chi connectivity index (χ4v) is 2.71. The smallest absolute Gasteiger partial charge is 0.256 e. The third-order valence-electron chi connectivity index (χ3n) is 3.71. The van der Waals surface area contributed by atoms with Crippen molar-refractivity contribution in [3.8, 4) is 5.75 Å². The molecule has 106 valence electrons. The topological polar surface area (TPSA) is 54.6 Å². The molecule has 5 heteroatoms. The SMILES string of the molecule is COc1cccc2[nH]c(C)c(C(=O)N3CCOCC3)c12. The lowest BCUT2D eigenvalue weighted by molar-refractivity contribution is 0.0303. The number of aromatic nitrogens is 1. The number of carbonyl (C=O) groups excluding carboxylic acids is 1. The Balaban J connectivity index is 2.10. The van der Waals surface area contributed by atoms with Crippen molar-refractivity contribution < 1.29 is 14.3 Å². The Morgan fingerprint density at radius 3 is 2.80 bits per heavy atom. The van der Waals surface area contributed by atoms with Gasteiger partial charge in [-0.15, -0.1) is 0 Å². The quantitative estimate of drug-likeness (QED) is 0.910. The maximum Gasteiger partial charge on any atom is 0.256 e. The first-order valence-electron chi connectivity index (χ1n) is 6.74. The lowest BCUT2D eigenvalue weighted by atomic mass is 10.1. The highest BCUT2D eigenvalue weighted by atomic mass is 16.5. The number of hydrogen-bond acceptors (Lipinski definition) is 3. The van der Waals surface area contributed by atoms with E-state index in [0.717, 1.165) is 22.3 Å². The average molecular weight is 274 g/mol. The van der Waals surface area contributed by atoms with Gasteiger partial charge in [0.25, 0.3) is 5.91 Å².